The van der Waals surface area contributed by atoms with Crippen molar-refractivity contribution in [1.29, 1.82) is 0 Å². The number of nitrogens with zero attached hydrogens (tertiary/aromatic N) is 2. The lowest BCUT2D eigenvalue weighted by Crippen LogP contribution is -2.17. The fourth-order valence-electron chi connectivity index (χ4n) is 2.55. The van der Waals surface area contributed by atoms with Gasteiger partial charge in [0.25, 0.3) is 0 Å². The molecule has 1 aliphatic carbocycles. The zero-order chi connectivity index (χ0) is 13.2. The van der Waals surface area contributed by atoms with Gasteiger partial charge in [-0.05, 0) is 32.6 Å². The number of hydrogen-bond acceptors (Lipinski definition) is 4. The molecular weight excluding hydrogens is 236 g/mol. The van der Waals surface area contributed by atoms with Crippen molar-refractivity contribution in [3.8, 4) is 11.4 Å². The van der Waals surface area contributed by atoms with Gasteiger partial charge < -0.3 is 5.43 Å². The van der Waals surface area contributed by atoms with Crippen LogP contribution in [0.15, 0.2) is 24.3 Å². The van der Waals surface area contributed by atoms with E-state index in [2.05, 4.69) is 41.6 Å². The maximum absolute atomic E-state index is 5.60. The van der Waals surface area contributed by atoms with E-state index in [9.17, 15) is 0 Å². The van der Waals surface area contributed by atoms with Crippen molar-refractivity contribution in [1.82, 2.24) is 9.97 Å². The van der Waals surface area contributed by atoms with Gasteiger partial charge in [0.05, 0.1) is 0 Å². The Morgan fingerprint density at radius 1 is 1.05 bits per heavy atom. The largest absolute Gasteiger partial charge is 0.308 e. The van der Waals surface area contributed by atoms with E-state index in [4.69, 9.17) is 10.8 Å². The van der Waals surface area contributed by atoms with Crippen LogP contribution in [0.3, 0.4) is 0 Å². The number of anilines is 1. The van der Waals surface area contributed by atoms with Gasteiger partial charge in [-0.2, -0.15) is 0 Å². The monoisotopic (exact) mass is 254 g/mol. The molecule has 1 aromatic heterocycles. The summed E-state index contributed by atoms with van der Waals surface area (Å²) in [5.41, 5.74) is 7.33. The first-order valence-electron chi connectivity index (χ1n) is 6.71. The van der Waals surface area contributed by atoms with Crippen LogP contribution in [0.4, 0.5) is 5.82 Å². The van der Waals surface area contributed by atoms with Crippen LogP contribution in [0.5, 0.6) is 0 Å². The standard InChI is InChI=1S/C15H18N4/c1-10-6-8-11(9-7-10)14-17-13-5-3-2-4-12(13)15(18-14)19-16/h6-9H,2-5,16H2,1H3,(H,17,18,19). The number of rotatable bonds is 2. The third kappa shape index (κ3) is 2.31. The SMILES string of the molecule is Cc1ccc(-c2nc3c(c(NN)n2)CCCC3)cc1. The van der Waals surface area contributed by atoms with Crippen LogP contribution in [0.2, 0.25) is 0 Å². The first-order chi connectivity index (χ1) is 9.28. The Labute approximate surface area is 113 Å². The highest BCUT2D eigenvalue weighted by Crippen LogP contribution is 2.27. The van der Waals surface area contributed by atoms with Crippen LogP contribution >= 0.6 is 0 Å². The van der Waals surface area contributed by atoms with E-state index in [1.807, 2.05) is 0 Å². The molecule has 0 aliphatic heterocycles. The molecule has 2 aromatic rings. The molecule has 0 saturated carbocycles. The number of hydrazine groups is 1. The molecule has 0 bridgehead atoms. The number of aromatic nitrogens is 2. The van der Waals surface area contributed by atoms with E-state index >= 15 is 0 Å². The van der Waals surface area contributed by atoms with Crippen molar-refractivity contribution in [2.75, 3.05) is 5.43 Å². The zero-order valence-electron chi connectivity index (χ0n) is 11.1. The molecule has 3 rings (SSSR count). The second kappa shape index (κ2) is 4.97. The lowest BCUT2D eigenvalue weighted by molar-refractivity contribution is 0.665. The topological polar surface area (TPSA) is 63.8 Å². The van der Waals surface area contributed by atoms with Crippen molar-refractivity contribution in [2.45, 2.75) is 32.6 Å². The van der Waals surface area contributed by atoms with E-state index in [1.165, 1.54) is 24.0 Å². The summed E-state index contributed by atoms with van der Waals surface area (Å²) in [5, 5.41) is 0. The summed E-state index contributed by atoms with van der Waals surface area (Å²) in [5.74, 6) is 7.14. The van der Waals surface area contributed by atoms with E-state index < -0.39 is 0 Å². The Morgan fingerprint density at radius 3 is 2.53 bits per heavy atom. The highest BCUT2D eigenvalue weighted by Gasteiger charge is 2.17. The average Bonchev–Trinajstić information content (AvgIpc) is 2.47. The van der Waals surface area contributed by atoms with Gasteiger partial charge in [0.2, 0.25) is 0 Å². The number of nitrogens with two attached hydrogens (primary N) is 1. The molecule has 0 fully saturated rings. The molecule has 1 aromatic carbocycles. The first-order valence-corrected chi connectivity index (χ1v) is 6.71. The van der Waals surface area contributed by atoms with Gasteiger partial charge in [-0.25, -0.2) is 15.8 Å². The Hall–Kier alpha value is -1.94. The van der Waals surface area contributed by atoms with Crippen molar-refractivity contribution >= 4 is 5.82 Å². The number of nitrogens with one attached hydrogen (secondary N) is 1. The van der Waals surface area contributed by atoms with E-state index in [1.54, 1.807) is 0 Å². The van der Waals surface area contributed by atoms with Gasteiger partial charge in [0.15, 0.2) is 5.82 Å². The number of hydrogen-bond donors (Lipinski definition) is 2. The molecule has 3 N–H and O–H groups in total. The first kappa shape index (κ1) is 12.1. The molecule has 98 valence electrons. The van der Waals surface area contributed by atoms with Crippen LogP contribution in [0.25, 0.3) is 11.4 Å². The molecule has 0 radical (unpaired) electrons. The quantitative estimate of drug-likeness (QED) is 0.638. The fraction of sp³-hybridized carbons (Fsp3) is 0.333. The molecule has 0 amide bonds. The van der Waals surface area contributed by atoms with E-state index in [0.29, 0.717) is 0 Å². The predicted molar refractivity (Wildman–Crippen MR) is 76.7 cm³/mol. The molecular formula is C15H18N4. The van der Waals surface area contributed by atoms with Gasteiger partial charge in [-0.3, -0.25) is 0 Å². The Morgan fingerprint density at radius 2 is 1.79 bits per heavy atom. The molecule has 19 heavy (non-hydrogen) atoms. The maximum Gasteiger partial charge on any atom is 0.161 e. The van der Waals surface area contributed by atoms with Crippen molar-refractivity contribution in [3.05, 3.63) is 41.1 Å². The molecule has 4 heteroatoms. The summed E-state index contributed by atoms with van der Waals surface area (Å²) < 4.78 is 0. The smallest absolute Gasteiger partial charge is 0.161 e. The summed E-state index contributed by atoms with van der Waals surface area (Å²) >= 11 is 0. The molecule has 4 nitrogen and oxygen atoms in total. The third-order valence-electron chi connectivity index (χ3n) is 3.63. The summed E-state index contributed by atoms with van der Waals surface area (Å²) in [6.45, 7) is 2.07. The maximum atomic E-state index is 5.60. The van der Waals surface area contributed by atoms with Gasteiger partial charge in [0.1, 0.15) is 5.82 Å². The lowest BCUT2D eigenvalue weighted by atomic mass is 9.96. The van der Waals surface area contributed by atoms with Crippen LogP contribution in [0, 0.1) is 6.92 Å². The second-order valence-corrected chi connectivity index (χ2v) is 5.04. The Balaban J connectivity index is 2.09. The number of fused-ring (bicyclic) bond motifs is 1. The summed E-state index contributed by atoms with van der Waals surface area (Å²) in [4.78, 5) is 9.27. The average molecular weight is 254 g/mol. The van der Waals surface area contributed by atoms with Crippen LogP contribution in [-0.2, 0) is 12.8 Å². The molecule has 1 heterocycles. The molecule has 0 spiro atoms. The fourth-order valence-corrected chi connectivity index (χ4v) is 2.55. The van der Waals surface area contributed by atoms with Crippen LogP contribution < -0.4 is 11.3 Å². The Kier molecular flexibility index (Phi) is 3.17. The number of aryl methyl sites for hydroxylation is 2. The summed E-state index contributed by atoms with van der Waals surface area (Å²) in [6.07, 6.45) is 4.42. The minimum atomic E-state index is 0.758. The molecule has 0 atom stereocenters. The van der Waals surface area contributed by atoms with Gasteiger partial charge in [0, 0.05) is 16.8 Å². The second-order valence-electron chi connectivity index (χ2n) is 5.04. The van der Waals surface area contributed by atoms with Crippen LogP contribution in [-0.4, -0.2) is 9.97 Å². The Bertz CT molecular complexity index is 573. The van der Waals surface area contributed by atoms with Gasteiger partial charge in [-0.1, -0.05) is 29.8 Å². The third-order valence-corrected chi connectivity index (χ3v) is 3.63. The van der Waals surface area contributed by atoms with Crippen molar-refractivity contribution in [3.63, 3.8) is 0 Å². The molecule has 0 unspecified atom stereocenters. The van der Waals surface area contributed by atoms with Gasteiger partial charge in [-0.15, -0.1) is 0 Å². The normalized spacial score (nSPS) is 14.0. The predicted octanol–water partition coefficient (Wildman–Crippen LogP) is 2.62. The summed E-state index contributed by atoms with van der Waals surface area (Å²) in [6, 6.07) is 8.27. The zero-order valence-corrected chi connectivity index (χ0v) is 11.1. The van der Waals surface area contributed by atoms with Crippen molar-refractivity contribution in [2.24, 2.45) is 5.84 Å². The van der Waals surface area contributed by atoms with E-state index in [0.717, 1.165) is 35.7 Å². The molecule has 1 aliphatic rings. The number of nitrogen functional groups attached to an aromatic ring is 1. The highest BCUT2D eigenvalue weighted by atomic mass is 15.3. The minimum absolute atomic E-state index is 0.758. The van der Waals surface area contributed by atoms with E-state index in [-0.39, 0.29) is 0 Å². The van der Waals surface area contributed by atoms with Crippen molar-refractivity contribution < 1.29 is 0 Å². The van der Waals surface area contributed by atoms with Gasteiger partial charge >= 0.3 is 0 Å². The molecule has 0 saturated heterocycles. The van der Waals surface area contributed by atoms with Crippen LogP contribution in [0.1, 0.15) is 29.7 Å². The minimum Gasteiger partial charge on any atom is -0.308 e. The lowest BCUT2D eigenvalue weighted by Gasteiger charge is -2.18. The number of benzene rings is 1. The summed E-state index contributed by atoms with van der Waals surface area (Å²) in [7, 11) is 0. The highest BCUT2D eigenvalue weighted by molar-refractivity contribution is 5.60.